The third-order valence-corrected chi connectivity index (χ3v) is 12.2. The molecule has 0 radical (unpaired) electrons. The van der Waals surface area contributed by atoms with Crippen LogP contribution in [-0.2, 0) is 15.8 Å². The summed E-state index contributed by atoms with van der Waals surface area (Å²) in [6, 6.07) is 3.11. The maximum absolute atomic E-state index is 16.0. The second-order valence-electron chi connectivity index (χ2n) is 13.6. The van der Waals surface area contributed by atoms with E-state index in [2.05, 4.69) is 20.2 Å². The minimum absolute atomic E-state index is 0.0150. The molecule has 4 aliphatic heterocycles. The molecule has 8 nitrogen and oxygen atoms in total. The zero-order valence-corrected chi connectivity index (χ0v) is 27.8. The van der Waals surface area contributed by atoms with Gasteiger partial charge in [0, 0.05) is 17.0 Å². The van der Waals surface area contributed by atoms with Crippen LogP contribution in [0.1, 0.15) is 99.4 Å². The number of fused-ring (bicyclic) bond motifs is 9. The lowest BCUT2D eigenvalue weighted by Crippen LogP contribution is -2.40. The Morgan fingerprint density at radius 1 is 0.938 bits per heavy atom. The van der Waals surface area contributed by atoms with Crippen molar-refractivity contribution < 1.29 is 30.4 Å². The standard InChI is InChI=1S/C34H42F5N5O3S/c1-21-24-7-6-8-27(29(24)35)34(38,39)23-10-15-43(16-11-23)14-5-3-2-4-9-28(30(36)37)44-32-26(31(42-21)40-20-41-32)19-25(33(44)45)22-12-17-48(46,47)18-13-22/h6-8,19-23,28,30H,2-5,9-18H2,1H3,(H,40,41,42)/t21-,28?/m1/s1. The highest BCUT2D eigenvalue weighted by Gasteiger charge is 2.45. The van der Waals surface area contributed by atoms with Crippen LogP contribution in [0, 0.1) is 11.7 Å². The molecular formula is C34H42F5N5O3S. The Morgan fingerprint density at radius 2 is 1.65 bits per heavy atom. The Kier molecular flexibility index (Phi) is 10.1. The summed E-state index contributed by atoms with van der Waals surface area (Å²) < 4.78 is 103. The maximum atomic E-state index is 16.0. The van der Waals surface area contributed by atoms with Crippen molar-refractivity contribution in [1.82, 2.24) is 19.4 Å². The third kappa shape index (κ3) is 6.97. The number of anilines is 1. The van der Waals surface area contributed by atoms with Crippen molar-refractivity contribution in [3.63, 3.8) is 0 Å². The lowest BCUT2D eigenvalue weighted by Gasteiger charge is -2.36. The van der Waals surface area contributed by atoms with Gasteiger partial charge < -0.3 is 10.2 Å². The zero-order chi connectivity index (χ0) is 34.2. The molecule has 3 aromatic rings. The van der Waals surface area contributed by atoms with Crippen LogP contribution in [0.25, 0.3) is 11.0 Å². The van der Waals surface area contributed by atoms with E-state index in [9.17, 15) is 22.0 Å². The molecule has 0 saturated carbocycles. The lowest BCUT2D eigenvalue weighted by atomic mass is 9.85. The Labute approximate surface area is 277 Å². The maximum Gasteiger partial charge on any atom is 0.278 e. The fraction of sp³-hybridized carbons (Fsp3) is 0.618. The molecular weight excluding hydrogens is 653 g/mol. The Hall–Kier alpha value is -3.13. The van der Waals surface area contributed by atoms with Crippen LogP contribution in [0.5, 0.6) is 0 Å². The average Bonchev–Trinajstić information content (AvgIpc) is 3.05. The summed E-state index contributed by atoms with van der Waals surface area (Å²) in [5.74, 6) is -6.02. The van der Waals surface area contributed by atoms with Gasteiger partial charge in [0.1, 0.15) is 33.4 Å². The highest BCUT2D eigenvalue weighted by Crippen LogP contribution is 2.44. The zero-order valence-electron chi connectivity index (χ0n) is 27.0. The summed E-state index contributed by atoms with van der Waals surface area (Å²) >= 11 is 0. The first-order valence-corrected chi connectivity index (χ1v) is 18.7. The van der Waals surface area contributed by atoms with Crippen molar-refractivity contribution in [3.8, 4) is 0 Å². The monoisotopic (exact) mass is 695 g/mol. The largest absolute Gasteiger partial charge is 0.363 e. The van der Waals surface area contributed by atoms with Gasteiger partial charge in [-0.3, -0.25) is 9.36 Å². The van der Waals surface area contributed by atoms with E-state index < -0.39 is 63.0 Å². The van der Waals surface area contributed by atoms with Gasteiger partial charge in [0.2, 0.25) is 0 Å². The second-order valence-corrected chi connectivity index (χ2v) is 15.9. The number of benzene rings is 1. The molecule has 48 heavy (non-hydrogen) atoms. The number of halogens is 5. The van der Waals surface area contributed by atoms with Crippen molar-refractivity contribution in [2.75, 3.05) is 36.5 Å². The fourth-order valence-corrected chi connectivity index (χ4v) is 9.15. The smallest absolute Gasteiger partial charge is 0.278 e. The second kappa shape index (κ2) is 14.0. The molecule has 262 valence electrons. The molecule has 2 fully saturated rings. The molecule has 1 aromatic carbocycles. The van der Waals surface area contributed by atoms with Crippen LogP contribution in [0.3, 0.4) is 0 Å². The van der Waals surface area contributed by atoms with E-state index in [1.165, 1.54) is 18.2 Å². The number of piperidine rings is 1. The van der Waals surface area contributed by atoms with Crippen LogP contribution in [0.4, 0.5) is 27.8 Å². The Bertz CT molecular complexity index is 1780. The van der Waals surface area contributed by atoms with Crippen molar-refractivity contribution in [2.24, 2.45) is 5.92 Å². The molecule has 1 N–H and O–H groups in total. The number of nitrogens with zero attached hydrogens (tertiary/aromatic N) is 4. The molecule has 2 aromatic heterocycles. The van der Waals surface area contributed by atoms with Crippen molar-refractivity contribution in [1.29, 1.82) is 0 Å². The van der Waals surface area contributed by atoms with Gasteiger partial charge in [0.25, 0.3) is 17.9 Å². The molecule has 0 aliphatic carbocycles. The van der Waals surface area contributed by atoms with Crippen LogP contribution in [0.15, 0.2) is 35.4 Å². The summed E-state index contributed by atoms with van der Waals surface area (Å²) in [4.78, 5) is 24.8. The van der Waals surface area contributed by atoms with E-state index >= 15 is 13.2 Å². The van der Waals surface area contributed by atoms with Gasteiger partial charge in [-0.25, -0.2) is 40.3 Å². The summed E-state index contributed by atoms with van der Waals surface area (Å²) in [5.41, 5.74) is -1.15. The first-order chi connectivity index (χ1) is 22.9. The lowest BCUT2D eigenvalue weighted by molar-refractivity contribution is -0.0880. The van der Waals surface area contributed by atoms with Crippen LogP contribution in [0.2, 0.25) is 0 Å². The van der Waals surface area contributed by atoms with Crippen molar-refractivity contribution >= 4 is 26.7 Å². The molecule has 0 amide bonds. The molecule has 4 aliphatic rings. The number of hydrogen-bond donors (Lipinski definition) is 1. The normalized spacial score (nSPS) is 27.1. The number of alkyl halides is 4. The first-order valence-electron chi connectivity index (χ1n) is 16.9. The molecule has 14 heteroatoms. The number of nitrogens with one attached hydrogen (secondary N) is 1. The summed E-state index contributed by atoms with van der Waals surface area (Å²) in [5, 5.41) is 3.32. The van der Waals surface area contributed by atoms with Crippen molar-refractivity contribution in [2.45, 2.75) is 95.1 Å². The minimum Gasteiger partial charge on any atom is -0.363 e. The number of rotatable bonds is 2. The molecule has 2 saturated heterocycles. The van der Waals surface area contributed by atoms with Gasteiger partial charge in [0.15, 0.2) is 0 Å². The van der Waals surface area contributed by atoms with E-state index in [-0.39, 0.29) is 71.6 Å². The van der Waals surface area contributed by atoms with Gasteiger partial charge in [-0.05, 0) is 77.1 Å². The SMILES string of the molecule is C[C@H]1Nc2ncnc3c2cc(C2CCS(=O)(=O)CC2)c(=O)n3C(C(F)F)CCCCCCN2CCC(CC2)C(F)(F)c2cccc1c2F. The van der Waals surface area contributed by atoms with Gasteiger partial charge in [0.05, 0.1) is 34.5 Å². The number of hydrogen-bond acceptors (Lipinski definition) is 7. The molecule has 2 atom stereocenters. The van der Waals surface area contributed by atoms with Crippen LogP contribution in [-0.4, -0.2) is 65.4 Å². The summed E-state index contributed by atoms with van der Waals surface area (Å²) in [6.07, 6.45) is 1.69. The van der Waals surface area contributed by atoms with E-state index in [0.29, 0.717) is 32.5 Å². The fourth-order valence-electron chi connectivity index (χ4n) is 7.65. The van der Waals surface area contributed by atoms with Gasteiger partial charge in [-0.2, -0.15) is 0 Å². The van der Waals surface area contributed by atoms with E-state index in [1.54, 1.807) is 6.92 Å². The Balaban J connectivity index is 1.47. The molecule has 6 heterocycles. The average molecular weight is 696 g/mol. The molecule has 1 unspecified atom stereocenters. The minimum atomic E-state index is -3.38. The third-order valence-electron chi connectivity index (χ3n) is 10.5. The summed E-state index contributed by atoms with van der Waals surface area (Å²) in [6.45, 7) is 3.24. The molecule has 0 spiro atoms. The van der Waals surface area contributed by atoms with E-state index in [1.807, 2.05) is 0 Å². The molecule has 8 bridgehead atoms. The summed E-state index contributed by atoms with van der Waals surface area (Å²) in [7, 11) is -3.27. The first kappa shape index (κ1) is 34.7. The van der Waals surface area contributed by atoms with Crippen LogP contribution >= 0.6 is 0 Å². The highest BCUT2D eigenvalue weighted by molar-refractivity contribution is 7.91. The quantitative estimate of drug-likeness (QED) is 0.290. The van der Waals surface area contributed by atoms with E-state index in [0.717, 1.165) is 29.8 Å². The number of sulfone groups is 1. The highest BCUT2D eigenvalue weighted by atomic mass is 32.2. The molecule has 7 rings (SSSR count). The predicted molar refractivity (Wildman–Crippen MR) is 174 cm³/mol. The van der Waals surface area contributed by atoms with Gasteiger partial charge >= 0.3 is 0 Å². The van der Waals surface area contributed by atoms with E-state index in [4.69, 9.17) is 0 Å². The number of aromatic nitrogens is 3. The number of pyridine rings is 1. The van der Waals surface area contributed by atoms with Crippen LogP contribution < -0.4 is 10.9 Å². The Morgan fingerprint density at radius 3 is 2.35 bits per heavy atom. The predicted octanol–water partition coefficient (Wildman–Crippen LogP) is 6.97. The topological polar surface area (TPSA) is 97.2 Å². The van der Waals surface area contributed by atoms with Crippen molar-refractivity contribution in [3.05, 3.63) is 63.5 Å². The van der Waals surface area contributed by atoms with Gasteiger partial charge in [-0.15, -0.1) is 0 Å². The van der Waals surface area contributed by atoms with Gasteiger partial charge in [-0.1, -0.05) is 37.5 Å².